The Bertz CT molecular complexity index is 506. The molecule has 0 fully saturated rings. The molecule has 1 aromatic carbocycles. The average molecular weight is 226 g/mol. The molecule has 2 nitrogen and oxygen atoms in total. The lowest BCUT2D eigenvalue weighted by atomic mass is 9.94. The maximum Gasteiger partial charge on any atom is 0.0303 e. The van der Waals surface area contributed by atoms with Crippen LogP contribution in [0.15, 0.2) is 42.7 Å². The van der Waals surface area contributed by atoms with Crippen molar-refractivity contribution in [2.75, 3.05) is 7.05 Å². The maximum atomic E-state index is 4.15. The molecule has 17 heavy (non-hydrogen) atoms. The fraction of sp³-hybridized carbons (Fsp3) is 0.267. The molecule has 0 bridgehead atoms. The molecule has 2 heteroatoms. The van der Waals surface area contributed by atoms with Crippen molar-refractivity contribution in [3.63, 3.8) is 0 Å². The second-order valence-electron chi connectivity index (χ2n) is 4.29. The zero-order valence-electron chi connectivity index (χ0n) is 10.6. The van der Waals surface area contributed by atoms with Crippen molar-refractivity contribution in [2.24, 2.45) is 0 Å². The highest BCUT2D eigenvalue weighted by Crippen LogP contribution is 2.29. The van der Waals surface area contributed by atoms with E-state index >= 15 is 0 Å². The van der Waals surface area contributed by atoms with Gasteiger partial charge in [0.05, 0.1) is 0 Å². The molecule has 88 valence electrons. The summed E-state index contributed by atoms with van der Waals surface area (Å²) in [7, 11) is 1.99. The largest absolute Gasteiger partial charge is 0.313 e. The fourth-order valence-corrected chi connectivity index (χ4v) is 2.05. The quantitative estimate of drug-likeness (QED) is 0.868. The Morgan fingerprint density at radius 3 is 2.59 bits per heavy atom. The van der Waals surface area contributed by atoms with Gasteiger partial charge in [-0.2, -0.15) is 0 Å². The molecule has 1 unspecified atom stereocenters. The van der Waals surface area contributed by atoms with E-state index in [1.807, 2.05) is 19.4 Å². The molecule has 1 aromatic heterocycles. The molecular weight excluding hydrogens is 208 g/mol. The Morgan fingerprint density at radius 1 is 1.12 bits per heavy atom. The van der Waals surface area contributed by atoms with E-state index in [1.54, 1.807) is 0 Å². The monoisotopic (exact) mass is 226 g/mol. The second kappa shape index (κ2) is 5.11. The van der Waals surface area contributed by atoms with Gasteiger partial charge in [-0.15, -0.1) is 0 Å². The summed E-state index contributed by atoms with van der Waals surface area (Å²) in [6.07, 6.45) is 3.76. The lowest BCUT2D eigenvalue weighted by Gasteiger charge is -2.17. The van der Waals surface area contributed by atoms with E-state index < -0.39 is 0 Å². The molecule has 1 heterocycles. The Hall–Kier alpha value is -1.67. The zero-order valence-corrected chi connectivity index (χ0v) is 10.6. The van der Waals surface area contributed by atoms with Gasteiger partial charge >= 0.3 is 0 Å². The van der Waals surface area contributed by atoms with Crippen molar-refractivity contribution in [3.05, 3.63) is 53.9 Å². The van der Waals surface area contributed by atoms with Crippen LogP contribution in [-0.2, 0) is 0 Å². The number of benzene rings is 1. The molecule has 2 rings (SSSR count). The van der Waals surface area contributed by atoms with Crippen LogP contribution in [0.2, 0.25) is 0 Å². The summed E-state index contributed by atoms with van der Waals surface area (Å²) in [4.78, 5) is 4.15. The van der Waals surface area contributed by atoms with E-state index in [0.717, 1.165) is 0 Å². The first-order valence-corrected chi connectivity index (χ1v) is 5.91. The van der Waals surface area contributed by atoms with Gasteiger partial charge in [-0.25, -0.2) is 0 Å². The average Bonchev–Trinajstić information content (AvgIpc) is 2.38. The van der Waals surface area contributed by atoms with Crippen LogP contribution in [0.4, 0.5) is 0 Å². The summed E-state index contributed by atoms with van der Waals surface area (Å²) in [6, 6.07) is 10.9. The van der Waals surface area contributed by atoms with Crippen molar-refractivity contribution < 1.29 is 0 Å². The smallest absolute Gasteiger partial charge is 0.0303 e. The highest BCUT2D eigenvalue weighted by Gasteiger charge is 2.10. The lowest BCUT2D eigenvalue weighted by molar-refractivity contribution is 0.654. The summed E-state index contributed by atoms with van der Waals surface area (Å²) in [5, 5.41) is 3.30. The van der Waals surface area contributed by atoms with Gasteiger partial charge < -0.3 is 5.32 Å². The van der Waals surface area contributed by atoms with E-state index in [1.165, 1.54) is 22.3 Å². The SMILES string of the molecule is CNC(C)c1ccccc1-c1ccncc1C. The molecule has 0 spiro atoms. The molecule has 0 aliphatic rings. The lowest BCUT2D eigenvalue weighted by Crippen LogP contribution is -2.13. The maximum absolute atomic E-state index is 4.15. The molecule has 2 aromatic rings. The number of aromatic nitrogens is 1. The van der Waals surface area contributed by atoms with Gasteiger partial charge in [0.25, 0.3) is 0 Å². The summed E-state index contributed by atoms with van der Waals surface area (Å²) < 4.78 is 0. The highest BCUT2D eigenvalue weighted by atomic mass is 14.9. The molecule has 0 amide bonds. The Kier molecular flexibility index (Phi) is 3.55. The van der Waals surface area contributed by atoms with E-state index in [0.29, 0.717) is 6.04 Å². The van der Waals surface area contributed by atoms with E-state index in [-0.39, 0.29) is 0 Å². The Balaban J connectivity index is 2.56. The van der Waals surface area contributed by atoms with E-state index in [9.17, 15) is 0 Å². The normalized spacial score (nSPS) is 12.4. The van der Waals surface area contributed by atoms with Crippen molar-refractivity contribution in [1.29, 1.82) is 0 Å². The van der Waals surface area contributed by atoms with Crippen molar-refractivity contribution in [2.45, 2.75) is 19.9 Å². The third-order valence-electron chi connectivity index (χ3n) is 3.17. The van der Waals surface area contributed by atoms with Gasteiger partial charge in [0, 0.05) is 18.4 Å². The summed E-state index contributed by atoms with van der Waals surface area (Å²) in [6.45, 7) is 4.28. The van der Waals surface area contributed by atoms with E-state index in [4.69, 9.17) is 0 Å². The number of nitrogens with zero attached hydrogens (tertiary/aromatic N) is 1. The topological polar surface area (TPSA) is 24.9 Å². The number of aryl methyl sites for hydroxylation is 1. The second-order valence-corrected chi connectivity index (χ2v) is 4.29. The predicted molar refractivity (Wildman–Crippen MR) is 71.9 cm³/mol. The number of nitrogens with one attached hydrogen (secondary N) is 1. The molecule has 1 atom stereocenters. The molecule has 0 saturated heterocycles. The third-order valence-corrected chi connectivity index (χ3v) is 3.17. The van der Waals surface area contributed by atoms with Gasteiger partial charge in [-0.3, -0.25) is 4.98 Å². The standard InChI is InChI=1S/C15H18N2/c1-11-10-17-9-8-13(11)15-7-5-4-6-14(15)12(2)16-3/h4-10,12,16H,1-3H3. The Morgan fingerprint density at radius 2 is 1.88 bits per heavy atom. The number of hydrogen-bond acceptors (Lipinski definition) is 2. The first-order chi connectivity index (χ1) is 8.24. The third kappa shape index (κ3) is 2.37. The van der Waals surface area contributed by atoms with Gasteiger partial charge in [0.1, 0.15) is 0 Å². The van der Waals surface area contributed by atoms with E-state index in [2.05, 4.69) is 54.5 Å². The highest BCUT2D eigenvalue weighted by molar-refractivity contribution is 5.70. The first-order valence-electron chi connectivity index (χ1n) is 5.91. The minimum atomic E-state index is 0.346. The summed E-state index contributed by atoms with van der Waals surface area (Å²) in [5.74, 6) is 0. The van der Waals surface area contributed by atoms with Gasteiger partial charge in [0.2, 0.25) is 0 Å². The summed E-state index contributed by atoms with van der Waals surface area (Å²) in [5.41, 5.74) is 5.08. The van der Waals surface area contributed by atoms with Gasteiger partial charge in [-0.1, -0.05) is 24.3 Å². The van der Waals surface area contributed by atoms with Crippen LogP contribution in [-0.4, -0.2) is 12.0 Å². The first kappa shape index (κ1) is 11.8. The molecule has 0 saturated carbocycles. The van der Waals surface area contributed by atoms with Crippen LogP contribution >= 0.6 is 0 Å². The molecule has 0 radical (unpaired) electrons. The molecule has 0 aliphatic carbocycles. The minimum Gasteiger partial charge on any atom is -0.313 e. The predicted octanol–water partition coefficient (Wildman–Crippen LogP) is 3.34. The van der Waals surface area contributed by atoms with Crippen molar-refractivity contribution >= 4 is 0 Å². The Labute approximate surface area is 103 Å². The van der Waals surface area contributed by atoms with Crippen LogP contribution < -0.4 is 5.32 Å². The summed E-state index contributed by atoms with van der Waals surface area (Å²) >= 11 is 0. The number of pyridine rings is 1. The molecule has 0 aliphatic heterocycles. The van der Waals surface area contributed by atoms with Crippen LogP contribution in [0, 0.1) is 6.92 Å². The van der Waals surface area contributed by atoms with Crippen LogP contribution in [0.25, 0.3) is 11.1 Å². The van der Waals surface area contributed by atoms with Crippen LogP contribution in [0.3, 0.4) is 0 Å². The van der Waals surface area contributed by atoms with Gasteiger partial charge in [0.15, 0.2) is 0 Å². The molecule has 1 N–H and O–H groups in total. The fourth-order valence-electron chi connectivity index (χ4n) is 2.05. The zero-order chi connectivity index (χ0) is 12.3. The van der Waals surface area contributed by atoms with Crippen LogP contribution in [0.1, 0.15) is 24.1 Å². The van der Waals surface area contributed by atoms with Crippen LogP contribution in [0.5, 0.6) is 0 Å². The van der Waals surface area contributed by atoms with Gasteiger partial charge in [-0.05, 0) is 49.2 Å². The number of hydrogen-bond donors (Lipinski definition) is 1. The van der Waals surface area contributed by atoms with Crippen molar-refractivity contribution in [3.8, 4) is 11.1 Å². The molecular formula is C15H18N2. The number of rotatable bonds is 3. The minimum absolute atomic E-state index is 0.346. The van der Waals surface area contributed by atoms with Crippen molar-refractivity contribution in [1.82, 2.24) is 10.3 Å².